The summed E-state index contributed by atoms with van der Waals surface area (Å²) in [6.07, 6.45) is 4.66. The molecular weight excluding hydrogens is 481 g/mol. The smallest absolute Gasteiger partial charge is 0.262 e. The van der Waals surface area contributed by atoms with Crippen molar-refractivity contribution in [2.24, 2.45) is 0 Å². The Morgan fingerprint density at radius 3 is 2.73 bits per heavy atom. The summed E-state index contributed by atoms with van der Waals surface area (Å²) in [6.45, 7) is 6.89. The highest BCUT2D eigenvalue weighted by Gasteiger charge is 2.20. The van der Waals surface area contributed by atoms with Crippen LogP contribution in [0.1, 0.15) is 6.92 Å². The number of amides is 1. The number of nitrogens with zero attached hydrogens (tertiary/aromatic N) is 6. The van der Waals surface area contributed by atoms with Crippen molar-refractivity contribution in [3.05, 3.63) is 42.4 Å². The van der Waals surface area contributed by atoms with Crippen LogP contribution in [0, 0.1) is 5.82 Å². The van der Waals surface area contributed by atoms with Crippen molar-refractivity contribution >= 4 is 34.4 Å². The SMILES string of the molecule is C/C=C/C(=O)NNc1nc(N)nc2c1cnn2CCN1CCN(c2ccc(OCCOC)cc2F)CC1. The van der Waals surface area contributed by atoms with Crippen LogP contribution in [0.15, 0.2) is 36.5 Å². The molecule has 1 aliphatic rings. The van der Waals surface area contributed by atoms with E-state index in [-0.39, 0.29) is 17.7 Å². The van der Waals surface area contributed by atoms with Gasteiger partial charge in [-0.05, 0) is 19.1 Å². The summed E-state index contributed by atoms with van der Waals surface area (Å²) in [5, 5.41) is 5.08. The molecule has 12 nitrogen and oxygen atoms in total. The van der Waals surface area contributed by atoms with Crippen LogP contribution in [0.4, 0.5) is 21.8 Å². The summed E-state index contributed by atoms with van der Waals surface area (Å²) in [7, 11) is 1.60. The third-order valence-electron chi connectivity index (χ3n) is 5.95. The summed E-state index contributed by atoms with van der Waals surface area (Å²) in [5.74, 6) is 0.326. The van der Waals surface area contributed by atoms with Gasteiger partial charge in [-0.15, -0.1) is 0 Å². The lowest BCUT2D eigenvalue weighted by Gasteiger charge is -2.36. The second kappa shape index (κ2) is 12.3. The maximum atomic E-state index is 14.7. The third-order valence-corrected chi connectivity index (χ3v) is 5.95. The number of nitrogens with two attached hydrogens (primary N) is 1. The molecule has 198 valence electrons. The minimum Gasteiger partial charge on any atom is -0.491 e. The fourth-order valence-electron chi connectivity index (χ4n) is 4.07. The normalized spacial score (nSPS) is 14.4. The van der Waals surface area contributed by atoms with Gasteiger partial charge >= 0.3 is 0 Å². The van der Waals surface area contributed by atoms with Crippen LogP contribution < -0.4 is 26.2 Å². The van der Waals surface area contributed by atoms with Crippen LogP contribution in [0.5, 0.6) is 5.75 Å². The third kappa shape index (κ3) is 6.62. The molecule has 0 unspecified atom stereocenters. The number of nitrogen functional groups attached to an aromatic ring is 1. The lowest BCUT2D eigenvalue weighted by Crippen LogP contribution is -2.47. The number of nitrogens with one attached hydrogen (secondary N) is 2. The zero-order valence-corrected chi connectivity index (χ0v) is 21.0. The molecule has 4 N–H and O–H groups in total. The number of hydrogen-bond donors (Lipinski definition) is 3. The standard InChI is InChI=1S/C24H32FN9O3/c1-3-4-21(35)30-31-22-18-16-27-34(23(18)29-24(26)28-22)12-9-32-7-10-33(11-8-32)20-6-5-17(15-19(20)25)37-14-13-36-2/h3-6,15-16H,7-14H2,1-2H3,(H,30,35)(H3,26,28,29,31)/b4-3+. The number of piperazine rings is 1. The molecule has 1 saturated heterocycles. The van der Waals surface area contributed by atoms with Gasteiger partial charge in [-0.3, -0.25) is 20.5 Å². The minimum atomic E-state index is -0.314. The first-order valence-corrected chi connectivity index (χ1v) is 12.0. The quantitative estimate of drug-likeness (QED) is 0.196. The van der Waals surface area contributed by atoms with Crippen LogP contribution in [0.2, 0.25) is 0 Å². The largest absolute Gasteiger partial charge is 0.491 e. The lowest BCUT2D eigenvalue weighted by atomic mass is 10.2. The van der Waals surface area contributed by atoms with Crippen LogP contribution in [-0.2, 0) is 16.1 Å². The van der Waals surface area contributed by atoms with Gasteiger partial charge in [0.15, 0.2) is 11.5 Å². The molecule has 0 spiro atoms. The van der Waals surface area contributed by atoms with Crippen molar-refractivity contribution in [3.8, 4) is 5.75 Å². The topological polar surface area (TPSA) is 136 Å². The Balaban J connectivity index is 1.32. The number of rotatable bonds is 11. The highest BCUT2D eigenvalue weighted by atomic mass is 19.1. The monoisotopic (exact) mass is 513 g/mol. The molecule has 3 aromatic rings. The van der Waals surface area contributed by atoms with E-state index in [4.69, 9.17) is 15.2 Å². The second-order valence-electron chi connectivity index (χ2n) is 8.43. The van der Waals surface area contributed by atoms with E-state index in [1.807, 2.05) is 4.90 Å². The Labute approximate surface area is 214 Å². The number of hydrazine groups is 1. The highest BCUT2D eigenvalue weighted by Crippen LogP contribution is 2.25. The Kier molecular flexibility index (Phi) is 8.69. The summed E-state index contributed by atoms with van der Waals surface area (Å²) >= 11 is 0. The van der Waals surface area contributed by atoms with Crippen molar-refractivity contribution in [2.75, 3.05) is 69.1 Å². The minimum absolute atomic E-state index is 0.0720. The first-order chi connectivity index (χ1) is 18.0. The van der Waals surface area contributed by atoms with Gasteiger partial charge in [0.05, 0.1) is 30.4 Å². The lowest BCUT2D eigenvalue weighted by molar-refractivity contribution is -0.116. The van der Waals surface area contributed by atoms with Gasteiger partial charge in [-0.1, -0.05) is 6.08 Å². The van der Waals surface area contributed by atoms with E-state index in [1.54, 1.807) is 43.1 Å². The van der Waals surface area contributed by atoms with E-state index < -0.39 is 0 Å². The molecule has 1 aliphatic heterocycles. The Morgan fingerprint density at radius 1 is 1.19 bits per heavy atom. The van der Waals surface area contributed by atoms with E-state index >= 15 is 0 Å². The fraction of sp³-hybridized carbons (Fsp3) is 0.417. The van der Waals surface area contributed by atoms with Crippen LogP contribution in [-0.4, -0.2) is 83.6 Å². The van der Waals surface area contributed by atoms with Crippen molar-refractivity contribution < 1.29 is 18.7 Å². The van der Waals surface area contributed by atoms with Crippen molar-refractivity contribution in [2.45, 2.75) is 13.5 Å². The second-order valence-corrected chi connectivity index (χ2v) is 8.43. The maximum Gasteiger partial charge on any atom is 0.262 e. The van der Waals surface area contributed by atoms with Crippen LogP contribution >= 0.6 is 0 Å². The predicted octanol–water partition coefficient (Wildman–Crippen LogP) is 1.41. The fourth-order valence-corrected chi connectivity index (χ4v) is 4.07. The van der Waals surface area contributed by atoms with E-state index in [2.05, 4.69) is 30.8 Å². The van der Waals surface area contributed by atoms with E-state index in [1.165, 1.54) is 12.1 Å². The van der Waals surface area contributed by atoms with E-state index in [0.717, 1.165) is 19.6 Å². The van der Waals surface area contributed by atoms with Crippen molar-refractivity contribution in [1.29, 1.82) is 0 Å². The summed E-state index contributed by atoms with van der Waals surface area (Å²) in [6, 6.07) is 4.97. The number of aromatic nitrogens is 4. The van der Waals surface area contributed by atoms with Crippen molar-refractivity contribution in [1.82, 2.24) is 30.1 Å². The van der Waals surface area contributed by atoms with Crippen LogP contribution in [0.3, 0.4) is 0 Å². The molecular formula is C24H32FN9O3. The van der Waals surface area contributed by atoms with Gasteiger partial charge in [-0.2, -0.15) is 15.1 Å². The first-order valence-electron chi connectivity index (χ1n) is 12.0. The molecule has 4 rings (SSSR count). The van der Waals surface area contributed by atoms with Gasteiger partial charge in [0.25, 0.3) is 5.91 Å². The van der Waals surface area contributed by atoms with Gasteiger partial charge < -0.3 is 20.1 Å². The number of allylic oxidation sites excluding steroid dienone is 1. The molecule has 0 bridgehead atoms. The van der Waals surface area contributed by atoms with Gasteiger partial charge in [0.2, 0.25) is 5.95 Å². The van der Waals surface area contributed by atoms with Crippen molar-refractivity contribution in [3.63, 3.8) is 0 Å². The number of benzene rings is 1. The van der Waals surface area contributed by atoms with Gasteiger partial charge in [0.1, 0.15) is 18.2 Å². The molecule has 0 atom stereocenters. The van der Waals surface area contributed by atoms with Gasteiger partial charge in [-0.25, -0.2) is 9.07 Å². The number of ether oxygens (including phenoxy) is 2. The number of methoxy groups -OCH3 is 1. The van der Waals surface area contributed by atoms with Gasteiger partial charge in [0, 0.05) is 52.0 Å². The average molecular weight is 514 g/mol. The Bertz CT molecular complexity index is 1240. The number of fused-ring (bicyclic) bond motifs is 1. The molecule has 2 aromatic heterocycles. The first kappa shape index (κ1) is 26.1. The number of carbonyl (C=O) groups excluding carboxylic acids is 1. The molecule has 0 saturated carbocycles. The predicted molar refractivity (Wildman–Crippen MR) is 139 cm³/mol. The number of carbonyl (C=O) groups is 1. The summed E-state index contributed by atoms with van der Waals surface area (Å²) in [5.41, 5.74) is 12.4. The number of halogens is 1. The zero-order chi connectivity index (χ0) is 26.2. The van der Waals surface area contributed by atoms with E-state index in [0.29, 0.717) is 61.1 Å². The molecule has 1 amide bonds. The highest BCUT2D eigenvalue weighted by molar-refractivity contribution is 5.91. The van der Waals surface area contributed by atoms with E-state index in [9.17, 15) is 9.18 Å². The molecule has 0 aliphatic carbocycles. The number of hydrogen-bond acceptors (Lipinski definition) is 10. The zero-order valence-electron chi connectivity index (χ0n) is 21.0. The molecule has 3 heterocycles. The summed E-state index contributed by atoms with van der Waals surface area (Å²) in [4.78, 5) is 24.6. The van der Waals surface area contributed by atoms with Crippen LogP contribution in [0.25, 0.3) is 11.0 Å². The Hall–Kier alpha value is -3.97. The average Bonchev–Trinajstić information content (AvgIpc) is 3.29. The maximum absolute atomic E-state index is 14.7. The number of anilines is 3. The Morgan fingerprint density at radius 2 is 2.00 bits per heavy atom. The molecule has 0 radical (unpaired) electrons. The summed E-state index contributed by atoms with van der Waals surface area (Å²) < 4.78 is 26.9. The molecule has 37 heavy (non-hydrogen) atoms. The molecule has 1 aromatic carbocycles. The molecule has 1 fully saturated rings. The molecule has 13 heteroatoms.